The van der Waals surface area contributed by atoms with Crippen LogP contribution in [0.2, 0.25) is 0 Å². The summed E-state index contributed by atoms with van der Waals surface area (Å²) in [5.41, 5.74) is 19.8. The molecule has 56 heavy (non-hydrogen) atoms. The molecule has 0 aromatic heterocycles. The van der Waals surface area contributed by atoms with E-state index in [1.54, 1.807) is 0 Å². The van der Waals surface area contributed by atoms with E-state index >= 15 is 0 Å². The molecule has 2 aliphatic carbocycles. The van der Waals surface area contributed by atoms with Gasteiger partial charge >= 0.3 is 0 Å². The van der Waals surface area contributed by atoms with Crippen molar-refractivity contribution in [2.45, 2.75) is 52.4 Å². The van der Waals surface area contributed by atoms with Crippen LogP contribution in [-0.4, -0.2) is 0 Å². The Morgan fingerprint density at radius 1 is 0.304 bits per heavy atom. The van der Waals surface area contributed by atoms with Gasteiger partial charge in [-0.2, -0.15) is 0 Å². The average molecular weight is 723 g/mol. The van der Waals surface area contributed by atoms with Gasteiger partial charge in [-0.1, -0.05) is 125 Å². The molecule has 0 spiro atoms. The molecule has 8 aromatic carbocycles. The molecule has 0 unspecified atom stereocenters. The Morgan fingerprint density at radius 3 is 1.05 bits per heavy atom. The Kier molecular flexibility index (Phi) is 7.67. The fraction of sp³-hybridized carbons (Fsp3) is 0.148. The van der Waals surface area contributed by atoms with E-state index < -0.39 is 0 Å². The lowest BCUT2D eigenvalue weighted by Crippen LogP contribution is -2.28. The monoisotopic (exact) mass is 722 g/mol. The van der Waals surface area contributed by atoms with E-state index in [0.717, 1.165) is 11.4 Å². The van der Waals surface area contributed by atoms with Crippen LogP contribution in [-0.2, 0) is 10.8 Å². The van der Waals surface area contributed by atoms with Crippen molar-refractivity contribution < 1.29 is 0 Å². The highest BCUT2D eigenvalue weighted by Crippen LogP contribution is 2.57. The first-order chi connectivity index (χ1) is 27.1. The highest BCUT2D eigenvalue weighted by molar-refractivity contribution is 6.13. The molecule has 0 atom stereocenters. The zero-order valence-corrected chi connectivity index (χ0v) is 33.1. The molecule has 0 N–H and O–H groups in total. The Bertz CT molecular complexity index is 2630. The van der Waals surface area contributed by atoms with Crippen molar-refractivity contribution in [3.8, 4) is 22.3 Å². The summed E-state index contributed by atoms with van der Waals surface area (Å²) in [5.74, 6) is 0. The number of nitrogens with zero attached hydrogens (tertiary/aromatic N) is 2. The smallest absolute Gasteiger partial charge is 0.0465 e. The minimum absolute atomic E-state index is 0.220. The third-order valence-electron chi connectivity index (χ3n) is 12.5. The van der Waals surface area contributed by atoms with Crippen LogP contribution in [0.5, 0.6) is 0 Å². The number of benzene rings is 8. The van der Waals surface area contributed by atoms with Crippen LogP contribution in [0.25, 0.3) is 33.0 Å². The highest BCUT2D eigenvalue weighted by Gasteiger charge is 2.40. The summed E-state index contributed by atoms with van der Waals surface area (Å²) < 4.78 is 0. The molecule has 0 heterocycles. The predicted molar refractivity (Wildman–Crippen MR) is 238 cm³/mol. The Hall–Kier alpha value is -6.38. The lowest BCUT2D eigenvalue weighted by molar-refractivity contribution is 0.633. The molecule has 2 heteroatoms. The summed E-state index contributed by atoms with van der Waals surface area (Å²) in [5, 5.41) is 2.80. The molecule has 272 valence electrons. The van der Waals surface area contributed by atoms with E-state index in [0.29, 0.717) is 0 Å². The quantitative estimate of drug-likeness (QED) is 0.169. The molecule has 0 amide bonds. The van der Waals surface area contributed by atoms with Crippen molar-refractivity contribution in [3.63, 3.8) is 0 Å². The average Bonchev–Trinajstić information content (AvgIpc) is 3.20. The van der Waals surface area contributed by atoms with Crippen LogP contribution in [0.15, 0.2) is 170 Å². The molecule has 2 nitrogen and oxygen atoms in total. The van der Waals surface area contributed by atoms with E-state index in [1.807, 2.05) is 0 Å². The van der Waals surface area contributed by atoms with Gasteiger partial charge in [0.15, 0.2) is 0 Å². The van der Waals surface area contributed by atoms with Gasteiger partial charge in [0, 0.05) is 45.0 Å². The molecule has 0 bridgehead atoms. The summed E-state index contributed by atoms with van der Waals surface area (Å²) in [6.07, 6.45) is 0. The number of aryl methyl sites for hydroxylation is 2. The first-order valence-corrected chi connectivity index (χ1v) is 19.9. The lowest BCUT2D eigenvalue weighted by atomic mass is 9.63. The summed E-state index contributed by atoms with van der Waals surface area (Å²) in [6, 6.07) is 63.1. The second kappa shape index (κ2) is 12.6. The van der Waals surface area contributed by atoms with E-state index in [-0.39, 0.29) is 10.8 Å². The molecular formula is C54H46N2. The van der Waals surface area contributed by atoms with Crippen molar-refractivity contribution in [1.29, 1.82) is 0 Å². The van der Waals surface area contributed by atoms with Gasteiger partial charge in [0.25, 0.3) is 0 Å². The van der Waals surface area contributed by atoms with Crippen molar-refractivity contribution in [2.75, 3.05) is 9.80 Å². The lowest BCUT2D eigenvalue weighted by Gasteiger charge is -2.41. The summed E-state index contributed by atoms with van der Waals surface area (Å²) in [7, 11) is 0. The number of hydrogen-bond donors (Lipinski definition) is 0. The van der Waals surface area contributed by atoms with Crippen LogP contribution in [0.4, 0.5) is 34.1 Å². The topological polar surface area (TPSA) is 6.48 Å². The van der Waals surface area contributed by atoms with E-state index in [2.05, 4.69) is 221 Å². The number of rotatable bonds is 6. The molecule has 8 aromatic rings. The SMILES string of the molecule is Cc1cccc(N(c2ccccc2)c2ccc3c(c2)C(C)(C)c2ccc4c5c(ccc-3c25)-c2ccc(N(c3ccccc3)c3cccc(C)c3)cc2C4(C)C)c1. The second-order valence-electron chi connectivity index (χ2n) is 16.8. The first-order valence-electron chi connectivity index (χ1n) is 19.9. The van der Waals surface area contributed by atoms with Crippen LogP contribution in [0.3, 0.4) is 0 Å². The zero-order valence-electron chi connectivity index (χ0n) is 33.1. The van der Waals surface area contributed by atoms with Crippen LogP contribution < -0.4 is 9.80 Å². The van der Waals surface area contributed by atoms with Gasteiger partial charge in [0.1, 0.15) is 0 Å². The van der Waals surface area contributed by atoms with Gasteiger partial charge in [-0.25, -0.2) is 0 Å². The normalized spacial score (nSPS) is 14.2. The minimum atomic E-state index is -0.220. The minimum Gasteiger partial charge on any atom is -0.310 e. The van der Waals surface area contributed by atoms with E-state index in [4.69, 9.17) is 0 Å². The summed E-state index contributed by atoms with van der Waals surface area (Å²) in [6.45, 7) is 14.0. The second-order valence-corrected chi connectivity index (χ2v) is 16.8. The van der Waals surface area contributed by atoms with Gasteiger partial charge in [-0.3, -0.25) is 0 Å². The first kappa shape index (κ1) is 34.1. The van der Waals surface area contributed by atoms with Gasteiger partial charge in [0.05, 0.1) is 0 Å². The van der Waals surface area contributed by atoms with Crippen LogP contribution in [0, 0.1) is 13.8 Å². The van der Waals surface area contributed by atoms with E-state index in [1.165, 1.54) is 89.2 Å². The Labute approximate surface area is 331 Å². The Morgan fingerprint density at radius 2 is 0.661 bits per heavy atom. The molecule has 0 aliphatic heterocycles. The van der Waals surface area contributed by atoms with Crippen LogP contribution in [0.1, 0.15) is 61.1 Å². The van der Waals surface area contributed by atoms with Crippen molar-refractivity contribution >= 4 is 44.9 Å². The highest BCUT2D eigenvalue weighted by atomic mass is 15.1. The fourth-order valence-corrected chi connectivity index (χ4v) is 9.71. The standard InChI is InChI=1S/C54H46N2/c1-35-15-13-21-39(31-35)55(37-17-9-7-10-18-37)41-23-25-43-45-27-28-46-44-26-24-42(56(38-19-11-8-12-20-38)40-22-14-16-36(2)32-40)34-50(44)54(5,6)48-30-29-47(51(45)52(46)48)53(3,4)49(43)33-41/h7-34H,1-6H3. The van der Waals surface area contributed by atoms with Gasteiger partial charge in [0.2, 0.25) is 0 Å². The zero-order chi connectivity index (χ0) is 38.3. The number of fused-ring (bicyclic) bond motifs is 4. The maximum atomic E-state index is 2.45. The largest absolute Gasteiger partial charge is 0.310 e. The molecule has 2 aliphatic rings. The predicted octanol–water partition coefficient (Wildman–Crippen LogP) is 15.0. The summed E-state index contributed by atoms with van der Waals surface area (Å²) in [4.78, 5) is 4.79. The fourth-order valence-electron chi connectivity index (χ4n) is 9.71. The van der Waals surface area contributed by atoms with Crippen molar-refractivity contribution in [2.24, 2.45) is 0 Å². The molecule has 0 radical (unpaired) electrons. The van der Waals surface area contributed by atoms with Gasteiger partial charge in [-0.15, -0.1) is 0 Å². The van der Waals surface area contributed by atoms with Crippen molar-refractivity contribution in [3.05, 3.63) is 203 Å². The molecule has 0 saturated carbocycles. The van der Waals surface area contributed by atoms with Gasteiger partial charge < -0.3 is 9.80 Å². The third-order valence-corrected chi connectivity index (χ3v) is 12.5. The molecule has 0 fully saturated rings. The number of para-hydroxylation sites is 2. The Balaban J connectivity index is 1.14. The molecule has 10 rings (SSSR count). The van der Waals surface area contributed by atoms with Crippen molar-refractivity contribution in [1.82, 2.24) is 0 Å². The number of hydrogen-bond acceptors (Lipinski definition) is 2. The van der Waals surface area contributed by atoms with Gasteiger partial charge in [-0.05, 0) is 153 Å². The summed E-state index contributed by atoms with van der Waals surface area (Å²) >= 11 is 0. The third kappa shape index (κ3) is 5.16. The van der Waals surface area contributed by atoms with Crippen LogP contribution >= 0.6 is 0 Å². The van der Waals surface area contributed by atoms with E-state index in [9.17, 15) is 0 Å². The molecular weight excluding hydrogens is 677 g/mol. The number of anilines is 6. The maximum absolute atomic E-state index is 2.45. The maximum Gasteiger partial charge on any atom is 0.0465 e. The molecule has 0 saturated heterocycles.